The van der Waals surface area contributed by atoms with Gasteiger partial charge < -0.3 is 5.32 Å². The van der Waals surface area contributed by atoms with Crippen molar-refractivity contribution in [1.29, 1.82) is 0 Å². The summed E-state index contributed by atoms with van der Waals surface area (Å²) in [5.74, 6) is 0.678. The molecule has 96 valence electrons. The van der Waals surface area contributed by atoms with Gasteiger partial charge in [0, 0.05) is 5.92 Å². The summed E-state index contributed by atoms with van der Waals surface area (Å²) in [4.78, 5) is 0. The first kappa shape index (κ1) is 13.0. The van der Waals surface area contributed by atoms with Crippen LogP contribution in [-0.2, 0) is 0 Å². The van der Waals surface area contributed by atoms with E-state index >= 15 is 0 Å². The van der Waals surface area contributed by atoms with Crippen LogP contribution in [0.4, 0.5) is 0 Å². The van der Waals surface area contributed by atoms with Crippen LogP contribution < -0.4 is 5.32 Å². The Hall–Kier alpha value is -0.480. The molecule has 1 aromatic heterocycles. The zero-order valence-corrected chi connectivity index (χ0v) is 11.7. The van der Waals surface area contributed by atoms with Gasteiger partial charge in [-0.1, -0.05) is 43.9 Å². The third kappa shape index (κ3) is 3.49. The molecule has 4 heteroatoms. The van der Waals surface area contributed by atoms with Gasteiger partial charge >= 0.3 is 0 Å². The predicted molar refractivity (Wildman–Crippen MR) is 72.4 cm³/mol. The zero-order valence-electron chi connectivity index (χ0n) is 10.9. The van der Waals surface area contributed by atoms with Gasteiger partial charge in [-0.05, 0) is 26.3 Å². The fourth-order valence-corrected chi connectivity index (χ4v) is 3.55. The normalized spacial score (nSPS) is 20.1. The summed E-state index contributed by atoms with van der Waals surface area (Å²) in [5, 5.41) is 14.6. The molecule has 1 heterocycles. The number of aromatic nitrogens is 2. The molecule has 1 fully saturated rings. The smallest absolute Gasteiger partial charge is 0.134 e. The van der Waals surface area contributed by atoms with E-state index in [9.17, 15) is 0 Å². The maximum atomic E-state index is 4.41. The first-order chi connectivity index (χ1) is 8.31. The number of nitrogens with zero attached hydrogens (tertiary/aromatic N) is 2. The van der Waals surface area contributed by atoms with Gasteiger partial charge in [-0.15, -0.1) is 10.2 Å². The molecule has 2 rings (SSSR count). The topological polar surface area (TPSA) is 37.8 Å². The highest BCUT2D eigenvalue weighted by atomic mass is 32.1. The molecule has 0 bridgehead atoms. The highest BCUT2D eigenvalue weighted by Gasteiger charge is 2.20. The Morgan fingerprint density at radius 2 is 1.94 bits per heavy atom. The van der Waals surface area contributed by atoms with Crippen molar-refractivity contribution in [1.82, 2.24) is 15.5 Å². The number of hydrogen-bond acceptors (Lipinski definition) is 4. The van der Waals surface area contributed by atoms with E-state index in [0.717, 1.165) is 11.6 Å². The molecule has 1 atom stereocenters. The van der Waals surface area contributed by atoms with Gasteiger partial charge in [0.2, 0.25) is 0 Å². The van der Waals surface area contributed by atoms with Crippen molar-refractivity contribution in [3.05, 3.63) is 10.0 Å². The van der Waals surface area contributed by atoms with E-state index in [1.54, 1.807) is 0 Å². The Morgan fingerprint density at radius 3 is 2.59 bits per heavy atom. The monoisotopic (exact) mass is 253 g/mol. The zero-order chi connectivity index (χ0) is 12.1. The Labute approximate surface area is 108 Å². The maximum Gasteiger partial charge on any atom is 0.134 e. The molecule has 0 radical (unpaired) electrons. The molecule has 1 aliphatic carbocycles. The van der Waals surface area contributed by atoms with E-state index in [1.807, 2.05) is 11.3 Å². The second kappa shape index (κ2) is 6.45. The van der Waals surface area contributed by atoms with Gasteiger partial charge in [-0.2, -0.15) is 0 Å². The summed E-state index contributed by atoms with van der Waals surface area (Å²) in [6.07, 6.45) is 8.14. The number of hydrogen-bond donors (Lipinski definition) is 1. The minimum atomic E-state index is 0.344. The van der Waals surface area contributed by atoms with Crippen molar-refractivity contribution < 1.29 is 0 Å². The maximum absolute atomic E-state index is 4.41. The lowest BCUT2D eigenvalue weighted by molar-refractivity contribution is 0.576. The summed E-state index contributed by atoms with van der Waals surface area (Å²) in [6, 6.07) is 0.344. The van der Waals surface area contributed by atoms with E-state index in [-0.39, 0.29) is 0 Å². The van der Waals surface area contributed by atoms with Gasteiger partial charge in [0.05, 0.1) is 6.04 Å². The Balaban J connectivity index is 2.01. The van der Waals surface area contributed by atoms with Crippen molar-refractivity contribution in [3.63, 3.8) is 0 Å². The first-order valence-electron chi connectivity index (χ1n) is 6.88. The SMILES string of the molecule is CCNC(C)c1nnc(C2CCCCCC2)s1. The molecular formula is C13H23N3S. The number of rotatable bonds is 4. The van der Waals surface area contributed by atoms with E-state index < -0.39 is 0 Å². The van der Waals surface area contributed by atoms with Crippen LogP contribution in [-0.4, -0.2) is 16.7 Å². The van der Waals surface area contributed by atoms with E-state index in [2.05, 4.69) is 29.4 Å². The van der Waals surface area contributed by atoms with Crippen LogP contribution in [0.2, 0.25) is 0 Å². The third-order valence-electron chi connectivity index (χ3n) is 3.54. The van der Waals surface area contributed by atoms with Crippen LogP contribution in [0.15, 0.2) is 0 Å². The molecule has 17 heavy (non-hydrogen) atoms. The summed E-state index contributed by atoms with van der Waals surface area (Å²) >= 11 is 1.81. The van der Waals surface area contributed by atoms with Crippen LogP contribution in [0.1, 0.15) is 74.3 Å². The minimum Gasteiger partial charge on any atom is -0.308 e. The van der Waals surface area contributed by atoms with Crippen molar-refractivity contribution in [2.45, 2.75) is 64.3 Å². The lowest BCUT2D eigenvalue weighted by Gasteiger charge is -2.09. The average molecular weight is 253 g/mol. The fraction of sp³-hybridized carbons (Fsp3) is 0.846. The summed E-state index contributed by atoms with van der Waals surface area (Å²) in [7, 11) is 0. The molecule has 0 spiro atoms. The molecule has 1 saturated carbocycles. The lowest BCUT2D eigenvalue weighted by Crippen LogP contribution is -2.17. The molecule has 1 aliphatic rings. The molecule has 1 unspecified atom stereocenters. The largest absolute Gasteiger partial charge is 0.308 e. The second-order valence-electron chi connectivity index (χ2n) is 4.95. The second-order valence-corrected chi connectivity index (χ2v) is 5.99. The molecule has 0 aromatic carbocycles. The van der Waals surface area contributed by atoms with Gasteiger partial charge in [0.1, 0.15) is 10.0 Å². The highest BCUT2D eigenvalue weighted by Crippen LogP contribution is 2.34. The van der Waals surface area contributed by atoms with Gasteiger partial charge in [0.15, 0.2) is 0 Å². The van der Waals surface area contributed by atoms with Gasteiger partial charge in [-0.25, -0.2) is 0 Å². The van der Waals surface area contributed by atoms with Crippen LogP contribution in [0.3, 0.4) is 0 Å². The highest BCUT2D eigenvalue weighted by molar-refractivity contribution is 7.11. The standard InChI is InChI=1S/C13H23N3S/c1-3-14-10(2)12-15-16-13(17-12)11-8-6-4-5-7-9-11/h10-11,14H,3-9H2,1-2H3. The molecule has 0 amide bonds. The Kier molecular flexibility index (Phi) is 4.92. The van der Waals surface area contributed by atoms with Crippen molar-refractivity contribution >= 4 is 11.3 Å². The van der Waals surface area contributed by atoms with Crippen molar-refractivity contribution in [2.24, 2.45) is 0 Å². The summed E-state index contributed by atoms with van der Waals surface area (Å²) in [6.45, 7) is 5.28. The molecule has 3 nitrogen and oxygen atoms in total. The van der Waals surface area contributed by atoms with Crippen LogP contribution in [0, 0.1) is 0 Å². The minimum absolute atomic E-state index is 0.344. The van der Waals surface area contributed by atoms with Crippen LogP contribution >= 0.6 is 11.3 Å². The van der Waals surface area contributed by atoms with E-state index in [1.165, 1.54) is 43.5 Å². The molecule has 1 aromatic rings. The van der Waals surface area contributed by atoms with E-state index in [4.69, 9.17) is 0 Å². The molecule has 0 saturated heterocycles. The number of nitrogens with one attached hydrogen (secondary N) is 1. The Bertz CT molecular complexity index is 329. The average Bonchev–Trinajstić information content (AvgIpc) is 2.66. The summed E-state index contributed by atoms with van der Waals surface area (Å²) < 4.78 is 0. The molecule has 1 N–H and O–H groups in total. The van der Waals surface area contributed by atoms with Gasteiger partial charge in [-0.3, -0.25) is 0 Å². The molecular weight excluding hydrogens is 230 g/mol. The van der Waals surface area contributed by atoms with Crippen LogP contribution in [0.5, 0.6) is 0 Å². The quantitative estimate of drug-likeness (QED) is 0.832. The third-order valence-corrected chi connectivity index (χ3v) is 4.81. The van der Waals surface area contributed by atoms with Crippen LogP contribution in [0.25, 0.3) is 0 Å². The van der Waals surface area contributed by atoms with E-state index in [0.29, 0.717) is 12.0 Å². The lowest BCUT2D eigenvalue weighted by atomic mass is 10.0. The van der Waals surface area contributed by atoms with Gasteiger partial charge in [0.25, 0.3) is 0 Å². The fourth-order valence-electron chi connectivity index (χ4n) is 2.51. The Morgan fingerprint density at radius 1 is 1.24 bits per heavy atom. The van der Waals surface area contributed by atoms with Crippen molar-refractivity contribution in [3.8, 4) is 0 Å². The molecule has 0 aliphatic heterocycles. The first-order valence-corrected chi connectivity index (χ1v) is 7.69. The predicted octanol–water partition coefficient (Wildman–Crippen LogP) is 3.65. The summed E-state index contributed by atoms with van der Waals surface area (Å²) in [5.41, 5.74) is 0. The van der Waals surface area contributed by atoms with Crippen molar-refractivity contribution in [2.75, 3.05) is 6.54 Å².